The van der Waals surface area contributed by atoms with Crippen LogP contribution in [0.15, 0.2) is 84.0 Å². The van der Waals surface area contributed by atoms with E-state index in [9.17, 15) is 9.59 Å². The van der Waals surface area contributed by atoms with E-state index in [1.807, 2.05) is 59.2 Å². The number of benzene rings is 3. The molecule has 0 aliphatic heterocycles. The minimum atomic E-state index is -0.215. The Morgan fingerprint density at radius 1 is 0.971 bits per heavy atom. The van der Waals surface area contributed by atoms with Crippen molar-refractivity contribution in [1.82, 2.24) is 20.1 Å². The van der Waals surface area contributed by atoms with E-state index in [-0.39, 0.29) is 17.6 Å². The van der Waals surface area contributed by atoms with Crippen LogP contribution in [-0.4, -0.2) is 39.4 Å². The lowest BCUT2D eigenvalue weighted by atomic mass is 10.1. The van der Waals surface area contributed by atoms with Gasteiger partial charge in [0, 0.05) is 35.4 Å². The Labute approximate surface area is 206 Å². The first-order valence-corrected chi connectivity index (χ1v) is 11.9. The molecule has 0 aliphatic carbocycles. The van der Waals surface area contributed by atoms with Crippen molar-refractivity contribution in [2.45, 2.75) is 11.6 Å². The SMILES string of the molecule is CNC(=O)c1cccc(NC(=O)CSc2nnc(Cc3ccccc3)n2-c2ccc(Cl)cc2)c1. The van der Waals surface area contributed by atoms with Crippen molar-refractivity contribution in [3.63, 3.8) is 0 Å². The molecule has 7 nitrogen and oxygen atoms in total. The first-order valence-electron chi connectivity index (χ1n) is 10.5. The maximum atomic E-state index is 12.6. The summed E-state index contributed by atoms with van der Waals surface area (Å²) in [5.41, 5.74) is 2.99. The molecule has 172 valence electrons. The van der Waals surface area contributed by atoms with Gasteiger partial charge in [-0.2, -0.15) is 0 Å². The van der Waals surface area contributed by atoms with Gasteiger partial charge in [0.1, 0.15) is 5.82 Å². The van der Waals surface area contributed by atoms with Gasteiger partial charge in [-0.15, -0.1) is 10.2 Å². The number of amides is 2. The van der Waals surface area contributed by atoms with Crippen LogP contribution in [0.25, 0.3) is 5.69 Å². The number of halogens is 1. The molecule has 4 rings (SSSR count). The number of hydrogen-bond donors (Lipinski definition) is 2. The Kier molecular flexibility index (Phi) is 7.61. The first kappa shape index (κ1) is 23.5. The highest BCUT2D eigenvalue weighted by atomic mass is 35.5. The molecule has 9 heteroatoms. The van der Waals surface area contributed by atoms with Gasteiger partial charge in [-0.05, 0) is 48.0 Å². The smallest absolute Gasteiger partial charge is 0.251 e. The molecule has 0 unspecified atom stereocenters. The van der Waals surface area contributed by atoms with Crippen LogP contribution >= 0.6 is 23.4 Å². The lowest BCUT2D eigenvalue weighted by Crippen LogP contribution is -2.19. The number of carbonyl (C=O) groups excluding carboxylic acids is 2. The molecule has 34 heavy (non-hydrogen) atoms. The fraction of sp³-hybridized carbons (Fsp3) is 0.120. The lowest BCUT2D eigenvalue weighted by Gasteiger charge is -2.11. The maximum absolute atomic E-state index is 12.6. The number of nitrogens with zero attached hydrogens (tertiary/aromatic N) is 3. The Bertz CT molecular complexity index is 1290. The third-order valence-electron chi connectivity index (χ3n) is 4.96. The zero-order valence-corrected chi connectivity index (χ0v) is 19.9. The van der Waals surface area contributed by atoms with Crippen molar-refractivity contribution in [3.05, 3.63) is 101 Å². The predicted octanol–water partition coefficient (Wildman–Crippen LogP) is 4.60. The van der Waals surface area contributed by atoms with E-state index in [1.165, 1.54) is 11.8 Å². The normalized spacial score (nSPS) is 10.6. The van der Waals surface area contributed by atoms with Crippen molar-refractivity contribution >= 4 is 40.9 Å². The summed E-state index contributed by atoms with van der Waals surface area (Å²) in [6.07, 6.45) is 0.593. The highest BCUT2D eigenvalue weighted by Crippen LogP contribution is 2.25. The number of carbonyl (C=O) groups is 2. The lowest BCUT2D eigenvalue weighted by molar-refractivity contribution is -0.113. The summed E-state index contributed by atoms with van der Waals surface area (Å²) in [7, 11) is 1.56. The van der Waals surface area contributed by atoms with E-state index < -0.39 is 0 Å². The maximum Gasteiger partial charge on any atom is 0.251 e. The van der Waals surface area contributed by atoms with Gasteiger partial charge in [-0.25, -0.2) is 0 Å². The Morgan fingerprint density at radius 3 is 2.47 bits per heavy atom. The quantitative estimate of drug-likeness (QED) is 0.351. The molecule has 0 saturated heterocycles. The van der Waals surface area contributed by atoms with E-state index in [1.54, 1.807) is 31.3 Å². The van der Waals surface area contributed by atoms with Crippen LogP contribution in [0.4, 0.5) is 5.69 Å². The van der Waals surface area contributed by atoms with Gasteiger partial charge in [0.25, 0.3) is 5.91 Å². The van der Waals surface area contributed by atoms with E-state index in [0.717, 1.165) is 17.1 Å². The second kappa shape index (κ2) is 11.0. The molecule has 0 fully saturated rings. The molecular formula is C25H22ClN5O2S. The number of rotatable bonds is 8. The molecule has 0 bridgehead atoms. The molecule has 0 atom stereocenters. The number of hydrogen-bond acceptors (Lipinski definition) is 5. The molecule has 4 aromatic rings. The molecule has 0 spiro atoms. The third kappa shape index (κ3) is 5.84. The van der Waals surface area contributed by atoms with Crippen LogP contribution in [-0.2, 0) is 11.2 Å². The minimum absolute atomic E-state index is 0.126. The average Bonchev–Trinajstić information content (AvgIpc) is 3.25. The largest absolute Gasteiger partial charge is 0.355 e. The number of aromatic nitrogens is 3. The summed E-state index contributed by atoms with van der Waals surface area (Å²) in [5, 5.41) is 15.4. The zero-order valence-electron chi connectivity index (χ0n) is 18.4. The fourth-order valence-electron chi connectivity index (χ4n) is 3.35. The molecule has 2 amide bonds. The number of anilines is 1. The first-order chi connectivity index (χ1) is 16.5. The Morgan fingerprint density at radius 2 is 1.74 bits per heavy atom. The predicted molar refractivity (Wildman–Crippen MR) is 135 cm³/mol. The molecular weight excluding hydrogens is 470 g/mol. The van der Waals surface area contributed by atoms with Crippen molar-refractivity contribution in [2.24, 2.45) is 0 Å². The van der Waals surface area contributed by atoms with E-state index >= 15 is 0 Å². The molecule has 3 aromatic carbocycles. The molecule has 1 aromatic heterocycles. The summed E-state index contributed by atoms with van der Waals surface area (Å²) >= 11 is 7.36. The van der Waals surface area contributed by atoms with Crippen LogP contribution in [0.3, 0.4) is 0 Å². The van der Waals surface area contributed by atoms with Crippen LogP contribution in [0, 0.1) is 0 Å². The highest BCUT2D eigenvalue weighted by molar-refractivity contribution is 7.99. The summed E-state index contributed by atoms with van der Waals surface area (Å²) in [5.74, 6) is 0.456. The Balaban J connectivity index is 1.52. The minimum Gasteiger partial charge on any atom is -0.355 e. The number of thioether (sulfide) groups is 1. The second-order valence-corrected chi connectivity index (χ2v) is 8.75. The molecule has 0 saturated carbocycles. The van der Waals surface area contributed by atoms with Crippen LogP contribution in [0.5, 0.6) is 0 Å². The van der Waals surface area contributed by atoms with Gasteiger partial charge < -0.3 is 10.6 Å². The van der Waals surface area contributed by atoms with Crippen molar-refractivity contribution < 1.29 is 9.59 Å². The van der Waals surface area contributed by atoms with Crippen molar-refractivity contribution in [3.8, 4) is 5.69 Å². The van der Waals surface area contributed by atoms with E-state index in [0.29, 0.717) is 27.9 Å². The summed E-state index contributed by atoms with van der Waals surface area (Å²) in [4.78, 5) is 24.5. The van der Waals surface area contributed by atoms with Gasteiger partial charge in [0.15, 0.2) is 5.16 Å². The number of nitrogens with one attached hydrogen (secondary N) is 2. The highest BCUT2D eigenvalue weighted by Gasteiger charge is 2.17. The van der Waals surface area contributed by atoms with Gasteiger partial charge in [0.05, 0.1) is 5.75 Å². The van der Waals surface area contributed by atoms with Crippen molar-refractivity contribution in [2.75, 3.05) is 18.1 Å². The molecule has 0 aliphatic rings. The molecule has 0 radical (unpaired) electrons. The van der Waals surface area contributed by atoms with Gasteiger partial charge in [-0.1, -0.05) is 59.8 Å². The van der Waals surface area contributed by atoms with Gasteiger partial charge in [0.2, 0.25) is 5.91 Å². The van der Waals surface area contributed by atoms with E-state index in [4.69, 9.17) is 11.6 Å². The van der Waals surface area contributed by atoms with Gasteiger partial charge >= 0.3 is 0 Å². The van der Waals surface area contributed by atoms with Gasteiger partial charge in [-0.3, -0.25) is 14.2 Å². The average molecular weight is 492 g/mol. The van der Waals surface area contributed by atoms with Crippen molar-refractivity contribution in [1.29, 1.82) is 0 Å². The molecule has 1 heterocycles. The van der Waals surface area contributed by atoms with Crippen LogP contribution in [0.1, 0.15) is 21.7 Å². The Hall–Kier alpha value is -3.62. The fourth-order valence-corrected chi connectivity index (χ4v) is 4.24. The summed E-state index contributed by atoms with van der Waals surface area (Å²) in [6.45, 7) is 0. The summed E-state index contributed by atoms with van der Waals surface area (Å²) in [6, 6.07) is 24.2. The van der Waals surface area contributed by atoms with E-state index in [2.05, 4.69) is 20.8 Å². The third-order valence-corrected chi connectivity index (χ3v) is 6.14. The monoisotopic (exact) mass is 491 g/mol. The standard InChI is InChI=1S/C25H22ClN5O2S/c1-27-24(33)18-8-5-9-20(15-18)28-23(32)16-34-25-30-29-22(14-17-6-3-2-4-7-17)31(25)21-12-10-19(26)11-13-21/h2-13,15H,14,16H2,1H3,(H,27,33)(H,28,32). The summed E-state index contributed by atoms with van der Waals surface area (Å²) < 4.78 is 1.94. The second-order valence-electron chi connectivity index (χ2n) is 7.37. The zero-order chi connectivity index (χ0) is 23.9. The van der Waals surface area contributed by atoms with Crippen LogP contribution in [0.2, 0.25) is 5.02 Å². The topological polar surface area (TPSA) is 88.9 Å². The molecule has 2 N–H and O–H groups in total. The van der Waals surface area contributed by atoms with Crippen LogP contribution < -0.4 is 10.6 Å².